The molecule has 0 saturated carbocycles. The highest BCUT2D eigenvalue weighted by molar-refractivity contribution is 7.05. The second kappa shape index (κ2) is 6.69. The van der Waals surface area contributed by atoms with Crippen LogP contribution in [-0.2, 0) is 15.9 Å². The number of aliphatic hydroxyl groups is 1. The smallest absolute Gasteiger partial charge is 0.0947 e. The van der Waals surface area contributed by atoms with Crippen molar-refractivity contribution in [3.8, 4) is 0 Å². The van der Waals surface area contributed by atoms with Crippen LogP contribution in [0.5, 0.6) is 0 Å². The molecule has 3 rings (SSSR count). The zero-order chi connectivity index (χ0) is 14.7. The molecule has 0 radical (unpaired) electrons. The molecular formula is C15H24N2O3S. The summed E-state index contributed by atoms with van der Waals surface area (Å²) in [6, 6.07) is 0. The van der Waals surface area contributed by atoms with Crippen molar-refractivity contribution in [2.75, 3.05) is 19.8 Å². The van der Waals surface area contributed by atoms with Crippen molar-refractivity contribution >= 4 is 11.5 Å². The van der Waals surface area contributed by atoms with Crippen molar-refractivity contribution < 1.29 is 14.6 Å². The molecule has 3 heterocycles. The zero-order valence-electron chi connectivity index (χ0n) is 12.6. The second-order valence-electron chi connectivity index (χ2n) is 6.18. The van der Waals surface area contributed by atoms with Crippen LogP contribution in [0.15, 0.2) is 0 Å². The van der Waals surface area contributed by atoms with E-state index >= 15 is 0 Å². The van der Waals surface area contributed by atoms with Gasteiger partial charge in [-0.3, -0.25) is 0 Å². The number of ether oxygens (including phenoxy) is 2. The number of rotatable bonds is 4. The number of aliphatic hydroxyl groups excluding tert-OH is 1. The SMILES string of the molecule is CCCc1nnsc1C(O)C1CCOC2(CCOCC2)C1. The Morgan fingerprint density at radius 1 is 1.38 bits per heavy atom. The van der Waals surface area contributed by atoms with Crippen LogP contribution in [0.3, 0.4) is 0 Å². The highest BCUT2D eigenvalue weighted by Gasteiger charge is 2.42. The molecule has 1 N–H and O–H groups in total. The Morgan fingerprint density at radius 2 is 2.19 bits per heavy atom. The van der Waals surface area contributed by atoms with Crippen LogP contribution in [0.1, 0.15) is 55.7 Å². The maximum absolute atomic E-state index is 10.8. The fourth-order valence-corrected chi connectivity index (χ4v) is 4.27. The molecule has 2 aliphatic heterocycles. The number of aromatic nitrogens is 2. The van der Waals surface area contributed by atoms with Gasteiger partial charge in [0.15, 0.2) is 0 Å². The Kier molecular flexibility index (Phi) is 4.88. The van der Waals surface area contributed by atoms with E-state index in [0.717, 1.165) is 68.9 Å². The highest BCUT2D eigenvalue weighted by Crippen LogP contribution is 2.42. The lowest BCUT2D eigenvalue weighted by Gasteiger charge is -2.44. The first-order valence-electron chi connectivity index (χ1n) is 7.95. The Hall–Kier alpha value is -0.560. The first-order valence-corrected chi connectivity index (χ1v) is 8.72. The average Bonchev–Trinajstić information content (AvgIpc) is 2.96. The first-order chi connectivity index (χ1) is 10.2. The lowest BCUT2D eigenvalue weighted by Crippen LogP contribution is -2.45. The molecule has 0 aliphatic carbocycles. The number of hydrogen-bond acceptors (Lipinski definition) is 6. The molecule has 1 aromatic heterocycles. The lowest BCUT2D eigenvalue weighted by molar-refractivity contribution is -0.158. The van der Waals surface area contributed by atoms with Gasteiger partial charge < -0.3 is 14.6 Å². The van der Waals surface area contributed by atoms with Gasteiger partial charge >= 0.3 is 0 Å². The third-order valence-corrected chi connectivity index (χ3v) is 5.56. The van der Waals surface area contributed by atoms with Gasteiger partial charge in [0.25, 0.3) is 0 Å². The molecule has 2 saturated heterocycles. The van der Waals surface area contributed by atoms with Crippen LogP contribution in [0.4, 0.5) is 0 Å². The third kappa shape index (κ3) is 3.28. The zero-order valence-corrected chi connectivity index (χ0v) is 13.4. The van der Waals surface area contributed by atoms with Crippen LogP contribution >= 0.6 is 11.5 Å². The molecule has 2 fully saturated rings. The number of nitrogens with zero attached hydrogens (tertiary/aromatic N) is 2. The molecule has 1 spiro atoms. The molecule has 2 unspecified atom stereocenters. The van der Waals surface area contributed by atoms with Crippen LogP contribution in [0, 0.1) is 5.92 Å². The molecule has 2 atom stereocenters. The van der Waals surface area contributed by atoms with Gasteiger partial charge in [0, 0.05) is 19.8 Å². The van der Waals surface area contributed by atoms with Crippen molar-refractivity contribution in [3.63, 3.8) is 0 Å². The fourth-order valence-electron chi connectivity index (χ4n) is 3.49. The van der Waals surface area contributed by atoms with Crippen LogP contribution in [-0.4, -0.2) is 40.1 Å². The summed E-state index contributed by atoms with van der Waals surface area (Å²) in [7, 11) is 0. The maximum atomic E-state index is 10.8. The van der Waals surface area contributed by atoms with Gasteiger partial charge in [-0.25, -0.2) is 0 Å². The summed E-state index contributed by atoms with van der Waals surface area (Å²) >= 11 is 1.35. The molecular weight excluding hydrogens is 288 g/mol. The van der Waals surface area contributed by atoms with E-state index < -0.39 is 6.10 Å². The summed E-state index contributed by atoms with van der Waals surface area (Å²) in [4.78, 5) is 0.964. The van der Waals surface area contributed by atoms with E-state index in [1.54, 1.807) is 0 Å². The predicted molar refractivity (Wildman–Crippen MR) is 80.3 cm³/mol. The molecule has 1 aromatic rings. The molecule has 0 amide bonds. The monoisotopic (exact) mass is 312 g/mol. The first kappa shape index (κ1) is 15.3. The molecule has 5 nitrogen and oxygen atoms in total. The standard InChI is InChI=1S/C15H24N2O3S/c1-2-3-12-14(21-17-16-12)13(18)11-4-7-20-15(10-11)5-8-19-9-6-15/h11,13,18H,2-10H2,1H3. The van der Waals surface area contributed by atoms with Gasteiger partial charge in [-0.1, -0.05) is 17.8 Å². The van der Waals surface area contributed by atoms with Crippen LogP contribution in [0.2, 0.25) is 0 Å². The van der Waals surface area contributed by atoms with E-state index in [9.17, 15) is 5.11 Å². The number of aryl methyl sites for hydroxylation is 1. The maximum Gasteiger partial charge on any atom is 0.0947 e. The average molecular weight is 312 g/mol. The molecule has 0 aromatic carbocycles. The fraction of sp³-hybridized carbons (Fsp3) is 0.867. The van der Waals surface area contributed by atoms with Crippen molar-refractivity contribution in [1.82, 2.24) is 9.59 Å². The summed E-state index contributed by atoms with van der Waals surface area (Å²) in [6.07, 6.45) is 5.19. The van der Waals surface area contributed by atoms with Crippen molar-refractivity contribution in [2.45, 2.75) is 57.2 Å². The topological polar surface area (TPSA) is 64.5 Å². The van der Waals surface area contributed by atoms with Gasteiger partial charge in [-0.15, -0.1) is 5.10 Å². The Balaban J connectivity index is 1.71. The van der Waals surface area contributed by atoms with E-state index in [-0.39, 0.29) is 11.5 Å². The van der Waals surface area contributed by atoms with E-state index in [2.05, 4.69) is 16.5 Å². The molecule has 21 heavy (non-hydrogen) atoms. The van der Waals surface area contributed by atoms with Gasteiger partial charge in [-0.2, -0.15) is 0 Å². The van der Waals surface area contributed by atoms with Crippen molar-refractivity contribution in [2.24, 2.45) is 5.92 Å². The van der Waals surface area contributed by atoms with Crippen LogP contribution in [0.25, 0.3) is 0 Å². The normalized spacial score (nSPS) is 26.9. The quantitative estimate of drug-likeness (QED) is 0.925. The van der Waals surface area contributed by atoms with Crippen molar-refractivity contribution in [1.29, 1.82) is 0 Å². The summed E-state index contributed by atoms with van der Waals surface area (Å²) in [5.74, 6) is 0.245. The largest absolute Gasteiger partial charge is 0.387 e. The second-order valence-corrected chi connectivity index (χ2v) is 6.96. The molecule has 2 aliphatic rings. The molecule has 0 bridgehead atoms. The van der Waals surface area contributed by atoms with Gasteiger partial charge in [-0.05, 0) is 49.6 Å². The van der Waals surface area contributed by atoms with E-state index in [1.165, 1.54) is 11.5 Å². The summed E-state index contributed by atoms with van der Waals surface area (Å²) < 4.78 is 15.6. The summed E-state index contributed by atoms with van der Waals surface area (Å²) in [5.41, 5.74) is 0.896. The minimum absolute atomic E-state index is 0.0782. The van der Waals surface area contributed by atoms with Gasteiger partial charge in [0.2, 0.25) is 0 Å². The third-order valence-electron chi connectivity index (χ3n) is 4.72. The minimum atomic E-state index is -0.449. The van der Waals surface area contributed by atoms with E-state index in [0.29, 0.717) is 0 Å². The Labute approximate surface area is 129 Å². The van der Waals surface area contributed by atoms with E-state index in [1.807, 2.05) is 0 Å². The summed E-state index contributed by atoms with van der Waals surface area (Å²) in [5, 5.41) is 15.0. The van der Waals surface area contributed by atoms with Gasteiger partial charge in [0.1, 0.15) is 0 Å². The number of hydrogen-bond donors (Lipinski definition) is 1. The van der Waals surface area contributed by atoms with Gasteiger partial charge in [0.05, 0.1) is 22.3 Å². The molecule has 118 valence electrons. The van der Waals surface area contributed by atoms with Crippen LogP contribution < -0.4 is 0 Å². The predicted octanol–water partition coefficient (Wildman–Crippen LogP) is 2.50. The Bertz CT molecular complexity index is 454. The Morgan fingerprint density at radius 3 is 2.95 bits per heavy atom. The minimum Gasteiger partial charge on any atom is -0.387 e. The lowest BCUT2D eigenvalue weighted by atomic mass is 9.78. The molecule has 6 heteroatoms. The van der Waals surface area contributed by atoms with Crippen molar-refractivity contribution in [3.05, 3.63) is 10.6 Å². The van der Waals surface area contributed by atoms with E-state index in [4.69, 9.17) is 9.47 Å². The summed E-state index contributed by atoms with van der Waals surface area (Å²) in [6.45, 7) is 4.40. The highest BCUT2D eigenvalue weighted by atomic mass is 32.1.